The number of benzene rings is 2. The molecule has 6 nitrogen and oxygen atoms in total. The SMILES string of the molecule is CC(=O)Nc1cccc(NC(=O)Cn2c(C)cc3ccccc3c2=O)c1. The van der Waals surface area contributed by atoms with Crippen molar-refractivity contribution in [2.24, 2.45) is 0 Å². The minimum Gasteiger partial charge on any atom is -0.326 e. The van der Waals surface area contributed by atoms with Gasteiger partial charge in [-0.05, 0) is 42.6 Å². The lowest BCUT2D eigenvalue weighted by Gasteiger charge is -2.12. The van der Waals surface area contributed by atoms with Crippen LogP contribution in [0.25, 0.3) is 10.8 Å². The van der Waals surface area contributed by atoms with Gasteiger partial charge in [-0.15, -0.1) is 0 Å². The van der Waals surface area contributed by atoms with Gasteiger partial charge in [0.05, 0.1) is 0 Å². The molecule has 0 saturated heterocycles. The molecule has 0 unspecified atom stereocenters. The van der Waals surface area contributed by atoms with Crippen LogP contribution in [0.2, 0.25) is 0 Å². The van der Waals surface area contributed by atoms with Crippen molar-refractivity contribution in [1.82, 2.24) is 4.57 Å². The number of rotatable bonds is 4. The molecule has 0 spiro atoms. The molecule has 3 aromatic rings. The molecule has 0 atom stereocenters. The summed E-state index contributed by atoms with van der Waals surface area (Å²) in [4.78, 5) is 36.2. The van der Waals surface area contributed by atoms with Gasteiger partial charge in [-0.2, -0.15) is 0 Å². The highest BCUT2D eigenvalue weighted by atomic mass is 16.2. The number of pyridine rings is 1. The first-order valence-corrected chi connectivity index (χ1v) is 8.21. The van der Waals surface area contributed by atoms with Crippen molar-refractivity contribution in [3.63, 3.8) is 0 Å². The highest BCUT2D eigenvalue weighted by Crippen LogP contribution is 2.15. The third-order valence-electron chi connectivity index (χ3n) is 3.99. The Morgan fingerprint density at radius 1 is 0.962 bits per heavy atom. The van der Waals surface area contributed by atoms with Crippen LogP contribution < -0.4 is 16.2 Å². The fourth-order valence-corrected chi connectivity index (χ4v) is 2.84. The van der Waals surface area contributed by atoms with E-state index in [0.29, 0.717) is 16.8 Å². The van der Waals surface area contributed by atoms with Gasteiger partial charge in [0.2, 0.25) is 11.8 Å². The van der Waals surface area contributed by atoms with E-state index in [-0.39, 0.29) is 23.9 Å². The molecule has 2 amide bonds. The lowest BCUT2D eigenvalue weighted by atomic mass is 10.1. The smallest absolute Gasteiger partial charge is 0.259 e. The third-order valence-corrected chi connectivity index (χ3v) is 3.99. The molecule has 2 aromatic carbocycles. The number of carbonyl (C=O) groups excluding carboxylic acids is 2. The summed E-state index contributed by atoms with van der Waals surface area (Å²) in [7, 11) is 0. The fraction of sp³-hybridized carbons (Fsp3) is 0.150. The molecule has 0 radical (unpaired) electrons. The Morgan fingerprint density at radius 2 is 1.65 bits per heavy atom. The Kier molecular flexibility index (Phi) is 4.84. The molecule has 0 aliphatic carbocycles. The second kappa shape index (κ2) is 7.23. The number of anilines is 2. The third kappa shape index (κ3) is 3.80. The van der Waals surface area contributed by atoms with Crippen molar-refractivity contribution in [1.29, 1.82) is 0 Å². The van der Waals surface area contributed by atoms with E-state index in [1.807, 2.05) is 18.2 Å². The summed E-state index contributed by atoms with van der Waals surface area (Å²) in [6, 6.07) is 16.0. The van der Waals surface area contributed by atoms with Gasteiger partial charge in [0.15, 0.2) is 0 Å². The number of aryl methyl sites for hydroxylation is 1. The molecule has 132 valence electrons. The summed E-state index contributed by atoms with van der Waals surface area (Å²) in [5.41, 5.74) is 1.67. The quantitative estimate of drug-likeness (QED) is 0.760. The van der Waals surface area contributed by atoms with Gasteiger partial charge in [-0.1, -0.05) is 24.3 Å². The molecule has 3 rings (SSSR count). The molecule has 1 aromatic heterocycles. The minimum absolute atomic E-state index is 0.0835. The minimum atomic E-state index is -0.314. The fourth-order valence-electron chi connectivity index (χ4n) is 2.84. The molecule has 2 N–H and O–H groups in total. The first-order valence-electron chi connectivity index (χ1n) is 8.21. The Morgan fingerprint density at radius 3 is 2.38 bits per heavy atom. The van der Waals surface area contributed by atoms with Crippen LogP contribution >= 0.6 is 0 Å². The Balaban J connectivity index is 1.82. The second-order valence-corrected chi connectivity index (χ2v) is 6.07. The van der Waals surface area contributed by atoms with Crippen LogP contribution in [0.15, 0.2) is 59.4 Å². The summed E-state index contributed by atoms with van der Waals surface area (Å²) in [6.45, 7) is 3.14. The molecule has 0 bridgehead atoms. The van der Waals surface area contributed by atoms with E-state index in [2.05, 4.69) is 10.6 Å². The molecule has 0 aliphatic heterocycles. The van der Waals surface area contributed by atoms with E-state index in [9.17, 15) is 14.4 Å². The number of carbonyl (C=O) groups is 2. The van der Waals surface area contributed by atoms with Crippen LogP contribution in [0.5, 0.6) is 0 Å². The van der Waals surface area contributed by atoms with Gasteiger partial charge in [0, 0.05) is 29.4 Å². The summed E-state index contributed by atoms with van der Waals surface area (Å²) in [6.07, 6.45) is 0. The van der Waals surface area contributed by atoms with Crippen molar-refractivity contribution in [2.45, 2.75) is 20.4 Å². The Bertz CT molecular complexity index is 1050. The molecular weight excluding hydrogens is 330 g/mol. The first-order chi connectivity index (χ1) is 12.4. The highest BCUT2D eigenvalue weighted by molar-refractivity contribution is 5.93. The van der Waals surface area contributed by atoms with Gasteiger partial charge in [-0.3, -0.25) is 14.4 Å². The van der Waals surface area contributed by atoms with Crippen LogP contribution in [-0.4, -0.2) is 16.4 Å². The molecule has 0 fully saturated rings. The van der Waals surface area contributed by atoms with Gasteiger partial charge in [-0.25, -0.2) is 0 Å². The van der Waals surface area contributed by atoms with Crippen LogP contribution in [-0.2, 0) is 16.1 Å². The Hall–Kier alpha value is -3.41. The van der Waals surface area contributed by atoms with E-state index in [4.69, 9.17) is 0 Å². The first kappa shape index (κ1) is 17.4. The zero-order valence-corrected chi connectivity index (χ0v) is 14.6. The van der Waals surface area contributed by atoms with Crippen LogP contribution in [0, 0.1) is 6.92 Å². The number of amides is 2. The predicted molar refractivity (Wildman–Crippen MR) is 102 cm³/mol. The molecule has 0 saturated carbocycles. The number of nitrogens with zero attached hydrogens (tertiary/aromatic N) is 1. The molecule has 6 heteroatoms. The van der Waals surface area contributed by atoms with Crippen LogP contribution in [0.4, 0.5) is 11.4 Å². The lowest BCUT2D eigenvalue weighted by Crippen LogP contribution is -2.29. The normalized spacial score (nSPS) is 10.5. The average Bonchev–Trinajstić information content (AvgIpc) is 2.58. The van der Waals surface area contributed by atoms with E-state index >= 15 is 0 Å². The molecule has 0 aliphatic rings. The molecule has 1 heterocycles. The maximum atomic E-state index is 12.6. The summed E-state index contributed by atoms with van der Waals surface area (Å²) >= 11 is 0. The highest BCUT2D eigenvalue weighted by Gasteiger charge is 2.11. The van der Waals surface area contributed by atoms with E-state index in [1.54, 1.807) is 43.3 Å². The average molecular weight is 349 g/mol. The summed E-state index contributed by atoms with van der Waals surface area (Å²) in [5.74, 6) is -0.503. The van der Waals surface area contributed by atoms with Crippen molar-refractivity contribution >= 4 is 34.0 Å². The van der Waals surface area contributed by atoms with Crippen molar-refractivity contribution in [3.8, 4) is 0 Å². The van der Waals surface area contributed by atoms with Crippen molar-refractivity contribution < 1.29 is 9.59 Å². The topological polar surface area (TPSA) is 80.2 Å². The van der Waals surface area contributed by atoms with Gasteiger partial charge in [0.25, 0.3) is 5.56 Å². The second-order valence-electron chi connectivity index (χ2n) is 6.07. The van der Waals surface area contributed by atoms with Crippen LogP contribution in [0.1, 0.15) is 12.6 Å². The molecular formula is C20H19N3O3. The monoisotopic (exact) mass is 349 g/mol. The maximum absolute atomic E-state index is 12.6. The number of nitrogens with one attached hydrogen (secondary N) is 2. The van der Waals surface area contributed by atoms with Gasteiger partial charge in [0.1, 0.15) is 6.54 Å². The number of aromatic nitrogens is 1. The van der Waals surface area contributed by atoms with E-state index in [0.717, 1.165) is 11.1 Å². The zero-order valence-electron chi connectivity index (χ0n) is 14.6. The van der Waals surface area contributed by atoms with Gasteiger partial charge < -0.3 is 15.2 Å². The van der Waals surface area contributed by atoms with Gasteiger partial charge >= 0.3 is 0 Å². The lowest BCUT2D eigenvalue weighted by molar-refractivity contribution is -0.117. The standard InChI is InChI=1S/C20H19N3O3/c1-13-10-15-6-3-4-9-18(15)20(26)23(13)12-19(25)22-17-8-5-7-16(11-17)21-14(2)24/h3-11H,12H2,1-2H3,(H,21,24)(H,22,25). The molecule has 26 heavy (non-hydrogen) atoms. The maximum Gasteiger partial charge on any atom is 0.259 e. The number of fused-ring (bicyclic) bond motifs is 1. The van der Waals surface area contributed by atoms with Crippen molar-refractivity contribution in [3.05, 3.63) is 70.6 Å². The number of hydrogen-bond acceptors (Lipinski definition) is 3. The van der Waals surface area contributed by atoms with Crippen LogP contribution in [0.3, 0.4) is 0 Å². The largest absolute Gasteiger partial charge is 0.326 e. The summed E-state index contributed by atoms with van der Waals surface area (Å²) < 4.78 is 1.45. The predicted octanol–water partition coefficient (Wildman–Crippen LogP) is 2.91. The number of hydrogen-bond donors (Lipinski definition) is 2. The zero-order chi connectivity index (χ0) is 18.7. The van der Waals surface area contributed by atoms with E-state index in [1.165, 1.54) is 11.5 Å². The Labute approximate surface area is 150 Å². The van der Waals surface area contributed by atoms with Crippen molar-refractivity contribution in [2.75, 3.05) is 10.6 Å². The summed E-state index contributed by atoms with van der Waals surface area (Å²) in [5, 5.41) is 6.86. The van der Waals surface area contributed by atoms with E-state index < -0.39 is 0 Å².